The van der Waals surface area contributed by atoms with Gasteiger partial charge < -0.3 is 39.9 Å². The molecule has 0 aromatic heterocycles. The van der Waals surface area contributed by atoms with Gasteiger partial charge in [0.1, 0.15) is 43.2 Å². The van der Waals surface area contributed by atoms with E-state index in [1.807, 2.05) is 0 Å². The van der Waals surface area contributed by atoms with Gasteiger partial charge in [-0.1, -0.05) is 139 Å². The Morgan fingerprint density at radius 1 is 0.508 bits per heavy atom. The van der Waals surface area contributed by atoms with Gasteiger partial charge in [0.25, 0.3) is 0 Å². The standard InChI is InChI=1S/C47H81O13P/c1-3-5-7-9-11-13-15-17-19-20-22-24-26-28-30-32-34-36-41(49)59-39(38-58-61(55,56)60-47-45(53)43(51)42(50)44(52)46(47)54)37-57-40(48)35-33-31-29-27-25-23-21-18-16-14-12-10-8-6-4-2/h7,9,13-16,19-20,24,26,39,42-47,50-54H,3-6,8,10-12,17-18,21-23,25,27-38H2,1-2H3,(H,55,56)/b9-7+,15-13+,16-14+,20-19+,26-24+/t39-,42?,43+,44?,45?,46?,47?/m1/s1. The Morgan fingerprint density at radius 2 is 0.918 bits per heavy atom. The molecule has 1 fully saturated rings. The number of aliphatic hydroxyl groups is 5. The van der Waals surface area contributed by atoms with Crippen LogP contribution in [-0.4, -0.2) is 98.3 Å². The van der Waals surface area contributed by atoms with Crippen LogP contribution < -0.4 is 0 Å². The molecule has 0 bridgehead atoms. The third-order valence-electron chi connectivity index (χ3n) is 10.3. The smallest absolute Gasteiger partial charge is 0.462 e. The van der Waals surface area contributed by atoms with Crippen LogP contribution in [0.25, 0.3) is 0 Å². The number of rotatable bonds is 37. The molecule has 0 aliphatic heterocycles. The number of ether oxygens (including phenoxy) is 2. The van der Waals surface area contributed by atoms with Gasteiger partial charge in [0.15, 0.2) is 6.10 Å². The molecule has 0 saturated heterocycles. The molecule has 6 unspecified atom stereocenters. The number of carbonyl (C=O) groups excluding carboxylic acids is 2. The lowest BCUT2D eigenvalue weighted by Crippen LogP contribution is -2.64. The lowest BCUT2D eigenvalue weighted by Gasteiger charge is -2.41. The van der Waals surface area contributed by atoms with Gasteiger partial charge in [0.05, 0.1) is 6.61 Å². The molecule has 352 valence electrons. The van der Waals surface area contributed by atoms with Crippen LogP contribution in [0.3, 0.4) is 0 Å². The largest absolute Gasteiger partial charge is 0.472 e. The van der Waals surface area contributed by atoms with Gasteiger partial charge in [-0.3, -0.25) is 18.6 Å². The maximum atomic E-state index is 12.8. The Labute approximate surface area is 366 Å². The van der Waals surface area contributed by atoms with E-state index in [2.05, 4.69) is 74.6 Å². The second-order valence-electron chi connectivity index (χ2n) is 15.9. The molecule has 0 spiro atoms. The fraction of sp³-hybridized carbons (Fsp3) is 0.745. The van der Waals surface area contributed by atoms with E-state index in [0.717, 1.165) is 77.0 Å². The molecule has 1 aliphatic carbocycles. The van der Waals surface area contributed by atoms with Crippen molar-refractivity contribution in [3.63, 3.8) is 0 Å². The Morgan fingerprint density at radius 3 is 1.44 bits per heavy atom. The highest BCUT2D eigenvalue weighted by atomic mass is 31.2. The first kappa shape index (κ1) is 56.6. The molecule has 0 amide bonds. The summed E-state index contributed by atoms with van der Waals surface area (Å²) < 4.78 is 33.5. The monoisotopic (exact) mass is 885 g/mol. The summed E-state index contributed by atoms with van der Waals surface area (Å²) in [5.74, 6) is -1.14. The topological polar surface area (TPSA) is 210 Å². The van der Waals surface area contributed by atoms with E-state index in [-0.39, 0.29) is 12.8 Å². The van der Waals surface area contributed by atoms with Gasteiger partial charge in [-0.2, -0.15) is 0 Å². The molecule has 0 aromatic carbocycles. The maximum Gasteiger partial charge on any atom is 0.472 e. The zero-order valence-electron chi connectivity index (χ0n) is 37.2. The van der Waals surface area contributed by atoms with Crippen molar-refractivity contribution >= 4 is 19.8 Å². The van der Waals surface area contributed by atoms with E-state index < -0.39 is 75.7 Å². The molecule has 0 aromatic rings. The predicted molar refractivity (Wildman–Crippen MR) is 239 cm³/mol. The summed E-state index contributed by atoms with van der Waals surface area (Å²) in [6.07, 6.45) is 31.3. The average Bonchev–Trinajstić information content (AvgIpc) is 3.24. The molecule has 61 heavy (non-hydrogen) atoms. The zero-order valence-corrected chi connectivity index (χ0v) is 38.1. The molecule has 1 rings (SSSR count). The molecular weight excluding hydrogens is 803 g/mol. The van der Waals surface area contributed by atoms with Gasteiger partial charge in [0, 0.05) is 12.8 Å². The summed E-state index contributed by atoms with van der Waals surface area (Å²) in [5, 5.41) is 50.1. The number of phosphoric acid groups is 1. The van der Waals surface area contributed by atoms with Crippen LogP contribution in [0.4, 0.5) is 0 Å². The van der Waals surface area contributed by atoms with Crippen molar-refractivity contribution in [3.05, 3.63) is 60.8 Å². The SMILES string of the molecule is CCC/C=C/C/C=C/C/C=C/C/C=C/CCCCCC(=O)O[C@H](COC(=O)CCCCCCCCC/C=C/CCCCCC)COP(=O)(O)OC1C(O)C(O)C(O)[C@H](O)C1O. The Bertz CT molecular complexity index is 1300. The molecule has 0 radical (unpaired) electrons. The molecule has 6 N–H and O–H groups in total. The minimum atomic E-state index is -5.13. The minimum absolute atomic E-state index is 0.0560. The van der Waals surface area contributed by atoms with Gasteiger partial charge in [-0.15, -0.1) is 0 Å². The highest BCUT2D eigenvalue weighted by molar-refractivity contribution is 7.47. The van der Waals surface area contributed by atoms with E-state index >= 15 is 0 Å². The number of allylic oxidation sites excluding steroid dienone is 10. The number of aliphatic hydroxyl groups excluding tert-OH is 5. The van der Waals surface area contributed by atoms with E-state index in [1.165, 1.54) is 51.4 Å². The van der Waals surface area contributed by atoms with Crippen LogP contribution in [0.5, 0.6) is 0 Å². The normalized spacial score (nSPS) is 22.6. The van der Waals surface area contributed by atoms with Crippen molar-refractivity contribution < 1.29 is 63.1 Å². The van der Waals surface area contributed by atoms with Crippen molar-refractivity contribution in [2.24, 2.45) is 0 Å². The first-order chi connectivity index (χ1) is 29.4. The van der Waals surface area contributed by atoms with Crippen LogP contribution in [0.2, 0.25) is 0 Å². The van der Waals surface area contributed by atoms with Crippen molar-refractivity contribution in [3.8, 4) is 0 Å². The Kier molecular flexibility index (Phi) is 34.3. The lowest BCUT2D eigenvalue weighted by atomic mass is 9.85. The van der Waals surface area contributed by atoms with Crippen LogP contribution >= 0.6 is 7.82 Å². The third-order valence-corrected chi connectivity index (χ3v) is 11.3. The predicted octanol–water partition coefficient (Wildman–Crippen LogP) is 8.94. The summed E-state index contributed by atoms with van der Waals surface area (Å²) >= 11 is 0. The third kappa shape index (κ3) is 29.5. The number of carbonyl (C=O) groups is 2. The van der Waals surface area contributed by atoms with E-state index in [1.54, 1.807) is 0 Å². The van der Waals surface area contributed by atoms with Crippen molar-refractivity contribution in [2.75, 3.05) is 13.2 Å². The highest BCUT2D eigenvalue weighted by Crippen LogP contribution is 2.47. The quantitative estimate of drug-likeness (QED) is 0.0149. The molecule has 8 atom stereocenters. The van der Waals surface area contributed by atoms with Crippen LogP contribution in [0.1, 0.15) is 168 Å². The zero-order chi connectivity index (χ0) is 45.0. The van der Waals surface area contributed by atoms with E-state index in [4.69, 9.17) is 18.5 Å². The molecule has 13 nitrogen and oxygen atoms in total. The summed E-state index contributed by atoms with van der Waals surface area (Å²) in [4.78, 5) is 35.7. The molecule has 14 heteroatoms. The first-order valence-electron chi connectivity index (χ1n) is 23.1. The number of hydrogen-bond donors (Lipinski definition) is 6. The summed E-state index contributed by atoms with van der Waals surface area (Å²) in [7, 11) is -5.13. The van der Waals surface area contributed by atoms with Gasteiger partial charge >= 0.3 is 19.8 Å². The number of phosphoric ester groups is 1. The van der Waals surface area contributed by atoms with Gasteiger partial charge in [-0.25, -0.2) is 4.57 Å². The fourth-order valence-corrected chi connectivity index (χ4v) is 7.54. The molecular formula is C47H81O13P. The number of hydrogen-bond acceptors (Lipinski definition) is 12. The fourth-order valence-electron chi connectivity index (χ4n) is 6.57. The molecule has 1 aliphatic rings. The maximum absolute atomic E-state index is 12.8. The molecule has 0 heterocycles. The summed E-state index contributed by atoms with van der Waals surface area (Å²) in [5.41, 5.74) is 0. The van der Waals surface area contributed by atoms with Crippen LogP contribution in [0, 0.1) is 0 Å². The summed E-state index contributed by atoms with van der Waals surface area (Å²) in [6, 6.07) is 0. The van der Waals surface area contributed by atoms with Crippen molar-refractivity contribution in [1.82, 2.24) is 0 Å². The second-order valence-corrected chi connectivity index (χ2v) is 17.3. The van der Waals surface area contributed by atoms with Gasteiger partial charge in [0.2, 0.25) is 0 Å². The van der Waals surface area contributed by atoms with Crippen LogP contribution in [-0.2, 0) is 32.7 Å². The first-order valence-corrected chi connectivity index (χ1v) is 24.6. The summed E-state index contributed by atoms with van der Waals surface area (Å²) in [6.45, 7) is 3.18. The number of unbranched alkanes of at least 4 members (excludes halogenated alkanes) is 15. The average molecular weight is 885 g/mol. The highest BCUT2D eigenvalue weighted by Gasteiger charge is 2.51. The molecule has 1 saturated carbocycles. The van der Waals surface area contributed by atoms with Crippen molar-refractivity contribution in [1.29, 1.82) is 0 Å². The lowest BCUT2D eigenvalue weighted by molar-refractivity contribution is -0.220. The van der Waals surface area contributed by atoms with E-state index in [9.17, 15) is 44.6 Å². The van der Waals surface area contributed by atoms with Crippen molar-refractivity contribution in [2.45, 2.75) is 211 Å². The second kappa shape index (κ2) is 37.0. The minimum Gasteiger partial charge on any atom is -0.462 e. The van der Waals surface area contributed by atoms with Crippen LogP contribution in [0.15, 0.2) is 60.8 Å². The Hall–Kier alpha value is -2.45. The van der Waals surface area contributed by atoms with E-state index in [0.29, 0.717) is 12.8 Å². The van der Waals surface area contributed by atoms with Gasteiger partial charge in [-0.05, 0) is 77.0 Å². The number of esters is 2. The Balaban J connectivity index is 2.50.